The molecule has 1 aromatic rings. The number of carboxylic acids is 1. The number of aliphatic carboxylic acids is 1. The zero-order valence-corrected chi connectivity index (χ0v) is 10.2. The number of halogens is 1. The number of rotatable bonds is 5. The fraction of sp³-hybridized carbons (Fsp3) is 0.417. The molecule has 0 aromatic heterocycles. The molecule has 0 saturated heterocycles. The van der Waals surface area contributed by atoms with Gasteiger partial charge in [-0.3, -0.25) is 4.79 Å². The molecule has 88 valence electrons. The number of nitrogens with one attached hydrogen (secondary N) is 1. The van der Waals surface area contributed by atoms with E-state index in [1.807, 2.05) is 32.0 Å². The van der Waals surface area contributed by atoms with E-state index in [0.29, 0.717) is 18.0 Å². The van der Waals surface area contributed by atoms with Gasteiger partial charge in [0.15, 0.2) is 0 Å². The molecule has 0 aliphatic heterocycles. The molecule has 0 heterocycles. The van der Waals surface area contributed by atoms with Crippen LogP contribution in [0.5, 0.6) is 0 Å². The predicted molar refractivity (Wildman–Crippen MR) is 66.1 cm³/mol. The van der Waals surface area contributed by atoms with Crippen LogP contribution < -0.4 is 5.32 Å². The maximum atomic E-state index is 10.8. The van der Waals surface area contributed by atoms with E-state index in [1.165, 1.54) is 0 Å². The molecule has 4 heteroatoms. The maximum absolute atomic E-state index is 10.8. The Morgan fingerprint density at radius 1 is 1.56 bits per heavy atom. The van der Waals surface area contributed by atoms with E-state index in [1.54, 1.807) is 0 Å². The third-order valence-electron chi connectivity index (χ3n) is 2.57. The van der Waals surface area contributed by atoms with Crippen molar-refractivity contribution in [1.82, 2.24) is 0 Å². The molecule has 0 radical (unpaired) electrons. The highest BCUT2D eigenvalue weighted by Crippen LogP contribution is 2.20. The predicted octanol–water partition coefficient (Wildman–Crippen LogP) is 3.17. The minimum Gasteiger partial charge on any atom is -0.481 e. The Morgan fingerprint density at radius 2 is 2.25 bits per heavy atom. The van der Waals surface area contributed by atoms with Crippen molar-refractivity contribution >= 4 is 23.3 Å². The summed E-state index contributed by atoms with van der Waals surface area (Å²) in [5.41, 5.74) is 1.87. The van der Waals surface area contributed by atoms with Crippen LogP contribution in [0.25, 0.3) is 0 Å². The molecule has 0 saturated carbocycles. The quantitative estimate of drug-likeness (QED) is 0.833. The first-order valence-electron chi connectivity index (χ1n) is 5.27. The van der Waals surface area contributed by atoms with E-state index < -0.39 is 5.97 Å². The highest BCUT2D eigenvalue weighted by atomic mass is 35.5. The van der Waals surface area contributed by atoms with Gasteiger partial charge in [-0.2, -0.15) is 0 Å². The Balaban J connectivity index is 2.60. The monoisotopic (exact) mass is 241 g/mol. The Morgan fingerprint density at radius 3 is 2.75 bits per heavy atom. The summed E-state index contributed by atoms with van der Waals surface area (Å²) in [5.74, 6) is -1.13. The van der Waals surface area contributed by atoms with E-state index in [-0.39, 0.29) is 5.92 Å². The lowest BCUT2D eigenvalue weighted by molar-refractivity contribution is -0.141. The van der Waals surface area contributed by atoms with Crippen molar-refractivity contribution < 1.29 is 9.90 Å². The van der Waals surface area contributed by atoms with Gasteiger partial charge in [0.05, 0.1) is 5.92 Å². The van der Waals surface area contributed by atoms with Crippen molar-refractivity contribution in [3.63, 3.8) is 0 Å². The topological polar surface area (TPSA) is 49.3 Å². The van der Waals surface area contributed by atoms with E-state index in [4.69, 9.17) is 16.7 Å². The smallest absolute Gasteiger partial charge is 0.308 e. The van der Waals surface area contributed by atoms with Crippen LogP contribution in [0, 0.1) is 12.8 Å². The van der Waals surface area contributed by atoms with E-state index >= 15 is 0 Å². The summed E-state index contributed by atoms with van der Waals surface area (Å²) in [4.78, 5) is 10.8. The second-order valence-electron chi connectivity index (χ2n) is 3.79. The van der Waals surface area contributed by atoms with Gasteiger partial charge in [-0.1, -0.05) is 24.6 Å². The van der Waals surface area contributed by atoms with Crippen LogP contribution in [0.1, 0.15) is 18.9 Å². The minimum atomic E-state index is -0.770. The molecule has 16 heavy (non-hydrogen) atoms. The number of carboxylic acid groups (broad SMARTS) is 1. The van der Waals surface area contributed by atoms with Crippen LogP contribution in [-0.2, 0) is 4.79 Å². The molecule has 0 aliphatic rings. The molecule has 0 bridgehead atoms. The molecule has 3 nitrogen and oxygen atoms in total. The Labute approximate surface area is 100 Å². The number of hydrogen-bond acceptors (Lipinski definition) is 2. The summed E-state index contributed by atoms with van der Waals surface area (Å²) in [6.45, 7) is 4.21. The largest absolute Gasteiger partial charge is 0.481 e. The van der Waals surface area contributed by atoms with Crippen molar-refractivity contribution in [3.8, 4) is 0 Å². The number of carbonyl (C=O) groups is 1. The first-order valence-corrected chi connectivity index (χ1v) is 5.65. The standard InChI is InChI=1S/C12H16ClNO2/c1-3-9(12(15)16)7-14-10-5-4-8(2)11(13)6-10/h4-6,9,14H,3,7H2,1-2H3,(H,15,16). The molecular weight excluding hydrogens is 226 g/mol. The summed E-state index contributed by atoms with van der Waals surface area (Å²) in [7, 11) is 0. The van der Waals surface area contributed by atoms with Crippen molar-refractivity contribution in [2.24, 2.45) is 5.92 Å². The summed E-state index contributed by atoms with van der Waals surface area (Å²) in [6.07, 6.45) is 0.613. The van der Waals surface area contributed by atoms with Crippen LogP contribution in [0.3, 0.4) is 0 Å². The lowest BCUT2D eigenvalue weighted by Gasteiger charge is -2.12. The summed E-state index contributed by atoms with van der Waals surface area (Å²) < 4.78 is 0. The summed E-state index contributed by atoms with van der Waals surface area (Å²) in [6, 6.07) is 5.62. The fourth-order valence-electron chi connectivity index (χ4n) is 1.35. The van der Waals surface area contributed by atoms with Crippen molar-refractivity contribution in [2.75, 3.05) is 11.9 Å². The van der Waals surface area contributed by atoms with Gasteiger partial charge in [0.2, 0.25) is 0 Å². The average molecular weight is 242 g/mol. The fourth-order valence-corrected chi connectivity index (χ4v) is 1.53. The lowest BCUT2D eigenvalue weighted by Crippen LogP contribution is -2.22. The number of anilines is 1. The Kier molecular flexibility index (Phi) is 4.62. The van der Waals surface area contributed by atoms with E-state index in [2.05, 4.69) is 5.32 Å². The average Bonchev–Trinajstić information content (AvgIpc) is 2.23. The SMILES string of the molecule is CCC(CNc1ccc(C)c(Cl)c1)C(=O)O. The molecule has 1 rings (SSSR count). The molecule has 0 spiro atoms. The third kappa shape index (κ3) is 3.42. The van der Waals surface area contributed by atoms with Crippen LogP contribution in [0.2, 0.25) is 5.02 Å². The minimum absolute atomic E-state index is 0.361. The first-order chi connectivity index (χ1) is 7.54. The van der Waals surface area contributed by atoms with E-state index in [9.17, 15) is 4.79 Å². The van der Waals surface area contributed by atoms with Crippen LogP contribution in [0.15, 0.2) is 18.2 Å². The summed E-state index contributed by atoms with van der Waals surface area (Å²) in [5, 5.41) is 12.7. The van der Waals surface area contributed by atoms with Crippen LogP contribution in [0.4, 0.5) is 5.69 Å². The first kappa shape index (κ1) is 12.8. The van der Waals surface area contributed by atoms with Gasteiger partial charge in [0, 0.05) is 17.3 Å². The zero-order valence-electron chi connectivity index (χ0n) is 9.46. The van der Waals surface area contributed by atoms with Gasteiger partial charge in [-0.05, 0) is 31.0 Å². The molecule has 0 aliphatic carbocycles. The highest BCUT2D eigenvalue weighted by molar-refractivity contribution is 6.31. The van der Waals surface area contributed by atoms with Crippen molar-refractivity contribution in [1.29, 1.82) is 0 Å². The van der Waals surface area contributed by atoms with Crippen molar-refractivity contribution in [3.05, 3.63) is 28.8 Å². The Bertz CT molecular complexity index is 379. The molecule has 1 aromatic carbocycles. The Hall–Kier alpha value is -1.22. The van der Waals surface area contributed by atoms with Gasteiger partial charge < -0.3 is 10.4 Å². The molecule has 2 N–H and O–H groups in total. The maximum Gasteiger partial charge on any atom is 0.308 e. The lowest BCUT2D eigenvalue weighted by atomic mass is 10.1. The zero-order chi connectivity index (χ0) is 12.1. The third-order valence-corrected chi connectivity index (χ3v) is 2.97. The normalized spacial score (nSPS) is 12.2. The van der Waals surface area contributed by atoms with Gasteiger partial charge >= 0.3 is 5.97 Å². The molecule has 0 amide bonds. The second kappa shape index (κ2) is 5.75. The van der Waals surface area contributed by atoms with E-state index in [0.717, 1.165) is 11.3 Å². The highest BCUT2D eigenvalue weighted by Gasteiger charge is 2.14. The number of aryl methyl sites for hydroxylation is 1. The van der Waals surface area contributed by atoms with Crippen LogP contribution >= 0.6 is 11.6 Å². The molecule has 1 unspecified atom stereocenters. The van der Waals surface area contributed by atoms with Gasteiger partial charge in [0.25, 0.3) is 0 Å². The number of benzene rings is 1. The number of hydrogen-bond donors (Lipinski definition) is 2. The second-order valence-corrected chi connectivity index (χ2v) is 4.20. The van der Waals surface area contributed by atoms with Gasteiger partial charge in [0.1, 0.15) is 0 Å². The van der Waals surface area contributed by atoms with Crippen LogP contribution in [-0.4, -0.2) is 17.6 Å². The summed E-state index contributed by atoms with van der Waals surface area (Å²) >= 11 is 5.97. The van der Waals surface area contributed by atoms with Crippen molar-refractivity contribution in [2.45, 2.75) is 20.3 Å². The van der Waals surface area contributed by atoms with Gasteiger partial charge in [-0.15, -0.1) is 0 Å². The van der Waals surface area contributed by atoms with Gasteiger partial charge in [-0.25, -0.2) is 0 Å². The molecule has 0 fully saturated rings. The molecule has 1 atom stereocenters. The molecular formula is C12H16ClNO2.